The first kappa shape index (κ1) is 18.1. The lowest BCUT2D eigenvalue weighted by atomic mass is 10.2. The Morgan fingerprint density at radius 1 is 1.31 bits per heavy atom. The number of nitrogens with zero attached hydrogens (tertiary/aromatic N) is 3. The Balaban J connectivity index is 1.39. The molecule has 3 heterocycles. The highest BCUT2D eigenvalue weighted by atomic mass is 127. The van der Waals surface area contributed by atoms with Crippen LogP contribution in [0.5, 0.6) is 0 Å². The van der Waals surface area contributed by atoms with Crippen molar-refractivity contribution in [1.29, 1.82) is 0 Å². The summed E-state index contributed by atoms with van der Waals surface area (Å²) in [4.78, 5) is 6.89. The minimum absolute atomic E-state index is 0.0664. The van der Waals surface area contributed by atoms with E-state index in [-0.39, 0.29) is 6.10 Å². The van der Waals surface area contributed by atoms with E-state index in [4.69, 9.17) is 9.47 Å². The zero-order chi connectivity index (χ0) is 17.9. The molecule has 0 aliphatic carbocycles. The second-order valence-electron chi connectivity index (χ2n) is 6.33. The molecule has 1 aliphatic rings. The van der Waals surface area contributed by atoms with E-state index in [0.29, 0.717) is 19.8 Å². The summed E-state index contributed by atoms with van der Waals surface area (Å²) < 4.78 is 14.6. The lowest BCUT2D eigenvalue weighted by Gasteiger charge is -2.34. The molecule has 0 radical (unpaired) electrons. The molecule has 26 heavy (non-hydrogen) atoms. The smallest absolute Gasteiger partial charge is 0.150 e. The molecule has 1 atom stereocenters. The second-order valence-corrected chi connectivity index (χ2v) is 7.92. The van der Waals surface area contributed by atoms with Crippen molar-refractivity contribution in [3.05, 3.63) is 57.9 Å². The summed E-state index contributed by atoms with van der Waals surface area (Å²) in [6.07, 6.45) is 3.96. The van der Waals surface area contributed by atoms with Gasteiger partial charge in [-0.3, -0.25) is 3.97 Å². The fourth-order valence-electron chi connectivity index (χ4n) is 3.15. The van der Waals surface area contributed by atoms with Crippen LogP contribution in [0.4, 0.5) is 5.69 Å². The van der Waals surface area contributed by atoms with E-state index in [1.807, 2.05) is 30.6 Å². The van der Waals surface area contributed by atoms with Gasteiger partial charge in [-0.05, 0) is 34.2 Å². The average Bonchev–Trinajstić information content (AvgIpc) is 2.96. The van der Waals surface area contributed by atoms with Crippen molar-refractivity contribution in [3.8, 4) is 0 Å². The Hall–Kier alpha value is -1.29. The normalized spacial score (nSPS) is 17.8. The van der Waals surface area contributed by atoms with Crippen LogP contribution >= 0.6 is 35.4 Å². The maximum Gasteiger partial charge on any atom is 0.150 e. The number of pyridine rings is 1. The number of aromatic nitrogens is 2. The van der Waals surface area contributed by atoms with Gasteiger partial charge in [-0.1, -0.05) is 43.1 Å². The molecule has 1 aromatic carbocycles. The van der Waals surface area contributed by atoms with Gasteiger partial charge in [0.2, 0.25) is 0 Å². The molecule has 136 valence electrons. The Labute approximate surface area is 172 Å². The molecule has 1 fully saturated rings. The van der Waals surface area contributed by atoms with E-state index < -0.39 is 0 Å². The van der Waals surface area contributed by atoms with Crippen LogP contribution in [0.15, 0.2) is 48.8 Å². The number of halogens is 1. The lowest BCUT2D eigenvalue weighted by Crippen LogP contribution is -2.44. The highest BCUT2D eigenvalue weighted by molar-refractivity contribution is 14.1. The van der Waals surface area contributed by atoms with Crippen molar-refractivity contribution in [1.82, 2.24) is 8.96 Å². The molecule has 0 spiro atoms. The van der Waals surface area contributed by atoms with E-state index in [0.717, 1.165) is 33.4 Å². The highest BCUT2D eigenvalue weighted by Gasteiger charge is 2.22. The fourth-order valence-corrected chi connectivity index (χ4v) is 4.32. The summed E-state index contributed by atoms with van der Waals surface area (Å²) >= 11 is 6.74. The Morgan fingerprint density at radius 2 is 2.15 bits per heavy atom. The molecular weight excluding hydrogens is 461 g/mol. The van der Waals surface area contributed by atoms with Crippen molar-refractivity contribution >= 4 is 52.1 Å². The number of thiol groups is 1. The van der Waals surface area contributed by atoms with Gasteiger partial charge in [0.25, 0.3) is 0 Å². The molecular formula is C19H20IN3O2S. The maximum atomic E-state index is 5.88. The molecule has 5 nitrogen and oxygen atoms in total. The van der Waals surface area contributed by atoms with Gasteiger partial charge in [0.05, 0.1) is 37.8 Å². The van der Waals surface area contributed by atoms with Gasteiger partial charge in [0.15, 0.2) is 5.65 Å². The molecule has 1 unspecified atom stereocenters. The van der Waals surface area contributed by atoms with Gasteiger partial charge >= 0.3 is 0 Å². The van der Waals surface area contributed by atoms with Crippen molar-refractivity contribution < 1.29 is 9.47 Å². The number of fused-ring (bicyclic) bond motifs is 1. The summed E-state index contributed by atoms with van der Waals surface area (Å²) in [7, 11) is 0. The van der Waals surface area contributed by atoms with Crippen LogP contribution in [0.2, 0.25) is 0 Å². The number of ether oxygens (including phenoxy) is 2. The molecule has 0 bridgehead atoms. The zero-order valence-electron chi connectivity index (χ0n) is 14.2. The van der Waals surface area contributed by atoms with Gasteiger partial charge in [0, 0.05) is 28.2 Å². The number of hydrogen-bond donors (Lipinski definition) is 1. The van der Waals surface area contributed by atoms with Gasteiger partial charge < -0.3 is 14.4 Å². The predicted molar refractivity (Wildman–Crippen MR) is 115 cm³/mol. The first-order valence-corrected chi connectivity index (χ1v) is 10.0. The van der Waals surface area contributed by atoms with Gasteiger partial charge in [-0.2, -0.15) is 0 Å². The number of benzene rings is 1. The van der Waals surface area contributed by atoms with Crippen LogP contribution in [0.3, 0.4) is 0 Å². The third-order valence-electron chi connectivity index (χ3n) is 4.48. The molecule has 1 aliphatic heterocycles. The number of morpholine rings is 1. The predicted octanol–water partition coefficient (Wildman–Crippen LogP) is 3.76. The van der Waals surface area contributed by atoms with Crippen LogP contribution in [-0.2, 0) is 16.1 Å². The van der Waals surface area contributed by atoms with Gasteiger partial charge in [-0.15, -0.1) is 0 Å². The monoisotopic (exact) mass is 481 g/mol. The molecule has 2 aromatic heterocycles. The van der Waals surface area contributed by atoms with E-state index >= 15 is 0 Å². The minimum Gasteiger partial charge on any atom is -0.374 e. The molecule has 3 aromatic rings. The fraction of sp³-hybridized carbons (Fsp3) is 0.316. The molecule has 4 rings (SSSR count). The largest absolute Gasteiger partial charge is 0.374 e. The van der Waals surface area contributed by atoms with Crippen LogP contribution < -0.4 is 4.90 Å². The van der Waals surface area contributed by atoms with E-state index in [1.54, 1.807) is 3.97 Å². The summed E-state index contributed by atoms with van der Waals surface area (Å²) in [5.41, 5.74) is 3.18. The summed E-state index contributed by atoms with van der Waals surface area (Å²) in [5.74, 6) is 0. The topological polar surface area (TPSA) is 39.5 Å². The summed E-state index contributed by atoms with van der Waals surface area (Å²) in [6, 6.07) is 12.4. The minimum atomic E-state index is 0.0664. The molecule has 7 heteroatoms. The number of hydrogen-bond acceptors (Lipinski definition) is 5. The molecule has 0 amide bonds. The zero-order valence-corrected chi connectivity index (χ0v) is 17.3. The van der Waals surface area contributed by atoms with Crippen molar-refractivity contribution in [2.45, 2.75) is 12.7 Å². The molecule has 0 saturated carbocycles. The van der Waals surface area contributed by atoms with Crippen LogP contribution in [0, 0.1) is 3.57 Å². The average molecular weight is 481 g/mol. The number of anilines is 1. The van der Waals surface area contributed by atoms with Crippen LogP contribution in [0.25, 0.3) is 11.0 Å². The SMILES string of the molecule is Sn1cc(I)c2cc(N3CCOC(COCc4ccccc4)C3)cnc21. The lowest BCUT2D eigenvalue weighted by molar-refractivity contribution is -0.0283. The van der Waals surface area contributed by atoms with E-state index in [2.05, 4.69) is 63.5 Å². The number of rotatable bonds is 5. The van der Waals surface area contributed by atoms with E-state index in [9.17, 15) is 0 Å². The van der Waals surface area contributed by atoms with Gasteiger partial charge in [0.1, 0.15) is 0 Å². The molecule has 0 N–H and O–H groups in total. The molecule has 1 saturated heterocycles. The first-order valence-electron chi connectivity index (χ1n) is 8.55. The quantitative estimate of drug-likeness (QED) is 0.445. The van der Waals surface area contributed by atoms with Crippen molar-refractivity contribution in [3.63, 3.8) is 0 Å². The third-order valence-corrected chi connectivity index (χ3v) is 5.65. The Bertz CT molecular complexity index is 887. The van der Waals surface area contributed by atoms with Crippen molar-refractivity contribution in [2.24, 2.45) is 0 Å². The van der Waals surface area contributed by atoms with Crippen molar-refractivity contribution in [2.75, 3.05) is 31.2 Å². The Morgan fingerprint density at radius 3 is 3.00 bits per heavy atom. The highest BCUT2D eigenvalue weighted by Crippen LogP contribution is 2.27. The van der Waals surface area contributed by atoms with Crippen LogP contribution in [-0.4, -0.2) is 41.4 Å². The second kappa shape index (κ2) is 8.16. The summed E-state index contributed by atoms with van der Waals surface area (Å²) in [6.45, 7) is 3.57. The van der Waals surface area contributed by atoms with Crippen LogP contribution in [0.1, 0.15) is 5.56 Å². The standard InChI is InChI=1S/C19H20IN3O2S/c20-18-11-23(26)19-17(18)8-15(9-21-19)22-6-7-25-16(10-22)13-24-12-14-4-2-1-3-5-14/h1-5,8-9,11,16,26H,6-7,10,12-13H2. The third kappa shape index (κ3) is 4.00. The summed E-state index contributed by atoms with van der Waals surface area (Å²) in [5, 5.41) is 1.13. The Kier molecular flexibility index (Phi) is 5.68. The van der Waals surface area contributed by atoms with E-state index in [1.165, 1.54) is 5.56 Å². The maximum absolute atomic E-state index is 5.88. The van der Waals surface area contributed by atoms with Gasteiger partial charge in [-0.25, -0.2) is 4.98 Å². The first-order chi connectivity index (χ1) is 12.7.